The van der Waals surface area contributed by atoms with Gasteiger partial charge < -0.3 is 20.1 Å². The average Bonchev–Trinajstić information content (AvgIpc) is 2.69. The summed E-state index contributed by atoms with van der Waals surface area (Å²) in [5.41, 5.74) is 1.95. The van der Waals surface area contributed by atoms with Gasteiger partial charge in [-0.25, -0.2) is 9.37 Å². The molecule has 0 saturated heterocycles. The lowest BCUT2D eigenvalue weighted by atomic mass is 10.1. The highest BCUT2D eigenvalue weighted by molar-refractivity contribution is 5.92. The number of pyridine rings is 1. The monoisotopic (exact) mass is 381 g/mol. The first-order chi connectivity index (χ1) is 13.6. The molecule has 0 aliphatic carbocycles. The molecule has 1 aromatic heterocycles. The molecule has 3 aromatic rings. The van der Waals surface area contributed by atoms with E-state index in [4.69, 9.17) is 9.47 Å². The molecule has 2 aromatic carbocycles. The standard InChI is InChI=1S/C21H20FN3O3/c1-27-18-8-6-16(12-19(18)28-2)24-20-9-7-17(13-23-20)25-21(26)11-14-4-3-5-15(22)10-14/h3-10,12-13H,11H2,1-2H3,(H,23,24)(H,25,26). The van der Waals surface area contributed by atoms with Crippen molar-refractivity contribution < 1.29 is 18.7 Å². The molecule has 2 N–H and O–H groups in total. The highest BCUT2D eigenvalue weighted by Gasteiger charge is 2.07. The predicted molar refractivity (Wildman–Crippen MR) is 106 cm³/mol. The number of carbonyl (C=O) groups is 1. The zero-order valence-electron chi connectivity index (χ0n) is 15.5. The highest BCUT2D eigenvalue weighted by Crippen LogP contribution is 2.30. The molecular weight excluding hydrogens is 361 g/mol. The maximum atomic E-state index is 13.2. The Hall–Kier alpha value is -3.61. The Kier molecular flexibility index (Phi) is 6.06. The van der Waals surface area contributed by atoms with E-state index in [1.54, 1.807) is 56.8 Å². The van der Waals surface area contributed by atoms with E-state index < -0.39 is 0 Å². The minimum absolute atomic E-state index is 0.0867. The Morgan fingerprint density at radius 3 is 2.46 bits per heavy atom. The lowest BCUT2D eigenvalue weighted by Crippen LogP contribution is -2.14. The summed E-state index contributed by atoms with van der Waals surface area (Å²) in [7, 11) is 3.15. The summed E-state index contributed by atoms with van der Waals surface area (Å²) in [6.45, 7) is 0. The van der Waals surface area contributed by atoms with Crippen LogP contribution < -0.4 is 20.1 Å². The van der Waals surface area contributed by atoms with Crippen molar-refractivity contribution in [1.82, 2.24) is 4.98 Å². The number of ether oxygens (including phenoxy) is 2. The van der Waals surface area contributed by atoms with Crippen molar-refractivity contribution in [2.75, 3.05) is 24.9 Å². The molecule has 0 spiro atoms. The first kappa shape index (κ1) is 19.2. The summed E-state index contributed by atoms with van der Waals surface area (Å²) in [6.07, 6.45) is 1.63. The third-order valence-corrected chi connectivity index (χ3v) is 3.96. The van der Waals surface area contributed by atoms with Gasteiger partial charge in [-0.3, -0.25) is 4.79 Å². The minimum atomic E-state index is -0.363. The first-order valence-corrected chi connectivity index (χ1v) is 8.57. The molecule has 1 heterocycles. The molecule has 0 aliphatic rings. The Morgan fingerprint density at radius 1 is 1.00 bits per heavy atom. The third kappa shape index (κ3) is 4.97. The number of benzene rings is 2. The van der Waals surface area contributed by atoms with Crippen molar-refractivity contribution in [3.63, 3.8) is 0 Å². The molecule has 0 bridgehead atoms. The van der Waals surface area contributed by atoms with Crippen LogP contribution in [0.3, 0.4) is 0 Å². The Labute approximate surface area is 162 Å². The number of rotatable bonds is 7. The van der Waals surface area contributed by atoms with E-state index in [0.717, 1.165) is 5.69 Å². The summed E-state index contributed by atoms with van der Waals surface area (Å²) in [6, 6.07) is 14.9. The topological polar surface area (TPSA) is 72.5 Å². The average molecular weight is 381 g/mol. The Morgan fingerprint density at radius 2 is 1.79 bits per heavy atom. The number of amides is 1. The predicted octanol–water partition coefficient (Wildman–Crippen LogP) is 4.16. The Balaban J connectivity index is 1.61. The summed E-state index contributed by atoms with van der Waals surface area (Å²) >= 11 is 0. The second-order valence-corrected chi connectivity index (χ2v) is 5.98. The van der Waals surface area contributed by atoms with Gasteiger partial charge >= 0.3 is 0 Å². The van der Waals surface area contributed by atoms with Gasteiger partial charge in [-0.2, -0.15) is 0 Å². The van der Waals surface area contributed by atoms with Crippen LogP contribution in [0, 0.1) is 5.82 Å². The lowest BCUT2D eigenvalue weighted by molar-refractivity contribution is -0.115. The van der Waals surface area contributed by atoms with E-state index in [-0.39, 0.29) is 18.1 Å². The van der Waals surface area contributed by atoms with Gasteiger partial charge in [0.25, 0.3) is 0 Å². The molecule has 0 aliphatic heterocycles. The first-order valence-electron chi connectivity index (χ1n) is 8.57. The van der Waals surface area contributed by atoms with Crippen LogP contribution in [0.25, 0.3) is 0 Å². The SMILES string of the molecule is COc1ccc(Nc2ccc(NC(=O)Cc3cccc(F)c3)cn2)cc1OC. The molecule has 1 amide bonds. The van der Waals surface area contributed by atoms with Crippen LogP contribution in [-0.4, -0.2) is 25.1 Å². The van der Waals surface area contributed by atoms with Crippen molar-refractivity contribution in [3.05, 3.63) is 72.2 Å². The quantitative estimate of drug-likeness (QED) is 0.643. The molecule has 7 heteroatoms. The van der Waals surface area contributed by atoms with Crippen LogP contribution in [0.4, 0.5) is 21.6 Å². The van der Waals surface area contributed by atoms with Gasteiger partial charge in [-0.05, 0) is 42.0 Å². The second-order valence-electron chi connectivity index (χ2n) is 5.98. The minimum Gasteiger partial charge on any atom is -0.493 e. The summed E-state index contributed by atoms with van der Waals surface area (Å²) in [5.74, 6) is 1.24. The zero-order chi connectivity index (χ0) is 19.9. The van der Waals surface area contributed by atoms with E-state index in [9.17, 15) is 9.18 Å². The van der Waals surface area contributed by atoms with E-state index in [2.05, 4.69) is 15.6 Å². The van der Waals surface area contributed by atoms with Gasteiger partial charge in [-0.1, -0.05) is 12.1 Å². The number of hydrogen-bond donors (Lipinski definition) is 2. The smallest absolute Gasteiger partial charge is 0.228 e. The molecule has 0 saturated carbocycles. The van der Waals surface area contributed by atoms with Gasteiger partial charge in [0.1, 0.15) is 11.6 Å². The number of carbonyl (C=O) groups excluding carboxylic acids is 1. The largest absolute Gasteiger partial charge is 0.493 e. The number of nitrogens with one attached hydrogen (secondary N) is 2. The van der Waals surface area contributed by atoms with Crippen molar-refractivity contribution in [2.45, 2.75) is 6.42 Å². The fraction of sp³-hybridized carbons (Fsp3) is 0.143. The van der Waals surface area contributed by atoms with Crippen LogP contribution in [0.5, 0.6) is 11.5 Å². The molecular formula is C21H20FN3O3. The van der Waals surface area contributed by atoms with Gasteiger partial charge in [-0.15, -0.1) is 0 Å². The normalized spacial score (nSPS) is 10.2. The second kappa shape index (κ2) is 8.85. The molecule has 6 nitrogen and oxygen atoms in total. The lowest BCUT2D eigenvalue weighted by Gasteiger charge is -2.11. The third-order valence-electron chi connectivity index (χ3n) is 3.96. The van der Waals surface area contributed by atoms with Crippen molar-refractivity contribution in [3.8, 4) is 11.5 Å². The number of aromatic nitrogens is 1. The number of hydrogen-bond acceptors (Lipinski definition) is 5. The van der Waals surface area contributed by atoms with Crippen LogP contribution in [0.2, 0.25) is 0 Å². The van der Waals surface area contributed by atoms with Crippen LogP contribution >= 0.6 is 0 Å². The summed E-state index contributed by atoms with van der Waals surface area (Å²) < 4.78 is 23.7. The van der Waals surface area contributed by atoms with Gasteiger partial charge in [0.2, 0.25) is 5.91 Å². The van der Waals surface area contributed by atoms with Gasteiger partial charge in [0, 0.05) is 11.8 Å². The van der Waals surface area contributed by atoms with Crippen molar-refractivity contribution in [1.29, 1.82) is 0 Å². The zero-order valence-corrected chi connectivity index (χ0v) is 15.5. The van der Waals surface area contributed by atoms with Crippen molar-refractivity contribution >= 4 is 23.1 Å². The molecule has 0 atom stereocenters. The van der Waals surface area contributed by atoms with Crippen LogP contribution in [-0.2, 0) is 11.2 Å². The highest BCUT2D eigenvalue weighted by atomic mass is 19.1. The number of nitrogens with zero attached hydrogens (tertiary/aromatic N) is 1. The summed E-state index contributed by atoms with van der Waals surface area (Å²) in [5, 5.41) is 5.90. The van der Waals surface area contributed by atoms with Crippen LogP contribution in [0.1, 0.15) is 5.56 Å². The summed E-state index contributed by atoms with van der Waals surface area (Å²) in [4.78, 5) is 16.4. The van der Waals surface area contributed by atoms with E-state index >= 15 is 0 Å². The fourth-order valence-electron chi connectivity index (χ4n) is 2.64. The number of anilines is 3. The number of methoxy groups -OCH3 is 2. The maximum absolute atomic E-state index is 13.2. The molecule has 28 heavy (non-hydrogen) atoms. The van der Waals surface area contributed by atoms with Gasteiger partial charge in [0.15, 0.2) is 11.5 Å². The molecule has 0 radical (unpaired) electrons. The molecule has 3 rings (SSSR count). The van der Waals surface area contributed by atoms with E-state index in [1.165, 1.54) is 12.1 Å². The van der Waals surface area contributed by atoms with E-state index in [1.807, 2.05) is 6.07 Å². The van der Waals surface area contributed by atoms with Crippen LogP contribution in [0.15, 0.2) is 60.8 Å². The number of halogens is 1. The maximum Gasteiger partial charge on any atom is 0.228 e. The van der Waals surface area contributed by atoms with E-state index in [0.29, 0.717) is 28.6 Å². The fourth-order valence-corrected chi connectivity index (χ4v) is 2.64. The van der Waals surface area contributed by atoms with Gasteiger partial charge in [0.05, 0.1) is 32.5 Å². The molecule has 0 unspecified atom stereocenters. The van der Waals surface area contributed by atoms with Crippen molar-refractivity contribution in [2.24, 2.45) is 0 Å². The molecule has 0 fully saturated rings. The Bertz CT molecular complexity index is 961. The molecule has 144 valence electrons.